The van der Waals surface area contributed by atoms with Crippen molar-refractivity contribution in [1.82, 2.24) is 25.0 Å². The van der Waals surface area contributed by atoms with Crippen molar-refractivity contribution >= 4 is 16.9 Å². The molecule has 0 bridgehead atoms. The second kappa shape index (κ2) is 9.96. The van der Waals surface area contributed by atoms with Gasteiger partial charge in [0.2, 0.25) is 11.8 Å². The van der Waals surface area contributed by atoms with Crippen LogP contribution in [0.25, 0.3) is 11.0 Å². The molecule has 168 valence electrons. The Kier molecular flexibility index (Phi) is 7.33. The highest BCUT2D eigenvalue weighted by Gasteiger charge is 2.22. The standard InChI is InChI=1S/C23H33N5O3/c1-7-28(8-2)18(19-10-9-13-31-19)14-24-20(29)12-11-17-15(3)21-22(25-16(17)4)27(5)26-23(21)30-6/h9-10,13,18H,7-8,11-12,14H2,1-6H3,(H,24,29). The van der Waals surface area contributed by atoms with Gasteiger partial charge in [-0.05, 0) is 56.6 Å². The van der Waals surface area contributed by atoms with Crippen molar-refractivity contribution in [3.05, 3.63) is 41.0 Å². The summed E-state index contributed by atoms with van der Waals surface area (Å²) >= 11 is 0. The van der Waals surface area contributed by atoms with Gasteiger partial charge in [0.15, 0.2) is 5.65 Å². The van der Waals surface area contributed by atoms with Crippen LogP contribution >= 0.6 is 0 Å². The SMILES string of the molecule is CCN(CC)C(CNC(=O)CCc1c(C)nc2c(c(OC)nn2C)c1C)c1ccco1. The number of furan rings is 1. The van der Waals surface area contributed by atoms with Crippen LogP contribution in [0.15, 0.2) is 22.8 Å². The van der Waals surface area contributed by atoms with E-state index in [0.29, 0.717) is 25.3 Å². The van der Waals surface area contributed by atoms with E-state index >= 15 is 0 Å². The maximum Gasteiger partial charge on any atom is 0.242 e. The van der Waals surface area contributed by atoms with E-state index in [9.17, 15) is 4.79 Å². The highest BCUT2D eigenvalue weighted by molar-refractivity contribution is 5.86. The molecule has 0 aliphatic rings. The molecule has 3 aromatic rings. The van der Waals surface area contributed by atoms with Crippen LogP contribution in [-0.4, -0.2) is 52.3 Å². The first-order chi connectivity index (χ1) is 14.9. The fourth-order valence-corrected chi connectivity index (χ4v) is 4.20. The van der Waals surface area contributed by atoms with Gasteiger partial charge < -0.3 is 14.5 Å². The molecule has 0 aromatic carbocycles. The molecule has 1 amide bonds. The summed E-state index contributed by atoms with van der Waals surface area (Å²) in [5, 5.41) is 8.39. The topological polar surface area (TPSA) is 85.4 Å². The summed E-state index contributed by atoms with van der Waals surface area (Å²) in [6.07, 6.45) is 2.68. The Morgan fingerprint density at radius 1 is 1.32 bits per heavy atom. The first-order valence-electron chi connectivity index (χ1n) is 10.8. The molecule has 0 aliphatic heterocycles. The number of rotatable bonds is 10. The van der Waals surface area contributed by atoms with Crippen molar-refractivity contribution in [2.24, 2.45) is 7.05 Å². The van der Waals surface area contributed by atoms with Crippen molar-refractivity contribution in [3.8, 4) is 5.88 Å². The molecule has 0 aliphatic carbocycles. The van der Waals surface area contributed by atoms with E-state index in [1.807, 2.05) is 33.0 Å². The monoisotopic (exact) mass is 427 g/mol. The number of methoxy groups -OCH3 is 1. The van der Waals surface area contributed by atoms with Crippen molar-refractivity contribution in [2.75, 3.05) is 26.7 Å². The smallest absolute Gasteiger partial charge is 0.242 e. The van der Waals surface area contributed by atoms with E-state index in [-0.39, 0.29) is 11.9 Å². The van der Waals surface area contributed by atoms with Gasteiger partial charge in [-0.2, -0.15) is 0 Å². The molecule has 31 heavy (non-hydrogen) atoms. The molecule has 1 N–H and O–H groups in total. The van der Waals surface area contributed by atoms with Crippen LogP contribution in [0.3, 0.4) is 0 Å². The predicted octanol–water partition coefficient (Wildman–Crippen LogP) is 3.32. The van der Waals surface area contributed by atoms with Crippen LogP contribution in [0, 0.1) is 13.8 Å². The number of carbonyl (C=O) groups is 1. The third kappa shape index (κ3) is 4.74. The Morgan fingerprint density at radius 2 is 2.06 bits per heavy atom. The zero-order valence-corrected chi connectivity index (χ0v) is 19.4. The summed E-state index contributed by atoms with van der Waals surface area (Å²) in [4.78, 5) is 19.7. The first-order valence-corrected chi connectivity index (χ1v) is 10.8. The quantitative estimate of drug-likeness (QED) is 0.534. The lowest BCUT2D eigenvalue weighted by molar-refractivity contribution is -0.121. The van der Waals surface area contributed by atoms with Crippen molar-refractivity contribution in [1.29, 1.82) is 0 Å². The van der Waals surface area contributed by atoms with Gasteiger partial charge in [0, 0.05) is 25.7 Å². The molecular weight excluding hydrogens is 394 g/mol. The maximum atomic E-state index is 12.7. The minimum absolute atomic E-state index is 0.0146. The van der Waals surface area contributed by atoms with Gasteiger partial charge in [0.1, 0.15) is 5.76 Å². The summed E-state index contributed by atoms with van der Waals surface area (Å²) in [5.41, 5.74) is 3.85. The summed E-state index contributed by atoms with van der Waals surface area (Å²) in [7, 11) is 3.47. The lowest BCUT2D eigenvalue weighted by Gasteiger charge is -2.28. The number of likely N-dealkylation sites (N-methyl/N-ethyl adjacent to an activating group) is 1. The summed E-state index contributed by atoms with van der Waals surface area (Å²) in [6, 6.07) is 3.87. The molecule has 0 saturated heterocycles. The number of aromatic nitrogens is 3. The molecule has 1 unspecified atom stereocenters. The molecule has 8 heteroatoms. The first kappa shape index (κ1) is 22.8. The lowest BCUT2D eigenvalue weighted by Crippen LogP contribution is -2.38. The third-order valence-electron chi connectivity index (χ3n) is 5.94. The number of hydrogen-bond acceptors (Lipinski definition) is 6. The number of amides is 1. The van der Waals surface area contributed by atoms with Crippen LogP contribution < -0.4 is 10.1 Å². The van der Waals surface area contributed by atoms with E-state index < -0.39 is 0 Å². The number of fused-ring (bicyclic) bond motifs is 1. The molecular formula is C23H33N5O3. The van der Waals surface area contributed by atoms with Crippen LogP contribution in [0.1, 0.15) is 48.9 Å². The lowest BCUT2D eigenvalue weighted by atomic mass is 10.00. The summed E-state index contributed by atoms with van der Waals surface area (Å²) in [6.45, 7) is 10.5. The van der Waals surface area contributed by atoms with Gasteiger partial charge in [0.05, 0.1) is 24.8 Å². The number of aryl methyl sites for hydroxylation is 3. The van der Waals surface area contributed by atoms with E-state index in [0.717, 1.165) is 46.7 Å². The molecule has 1 atom stereocenters. The molecule has 0 fully saturated rings. The zero-order valence-electron chi connectivity index (χ0n) is 19.4. The highest BCUT2D eigenvalue weighted by atomic mass is 16.5. The van der Waals surface area contributed by atoms with E-state index in [1.165, 1.54) is 0 Å². The van der Waals surface area contributed by atoms with E-state index in [1.54, 1.807) is 18.1 Å². The second-order valence-electron chi connectivity index (χ2n) is 7.69. The van der Waals surface area contributed by atoms with Crippen molar-refractivity contribution < 1.29 is 13.9 Å². The Labute approximate surface area is 183 Å². The Bertz CT molecular complexity index is 1020. The third-order valence-corrected chi connectivity index (χ3v) is 5.94. The summed E-state index contributed by atoms with van der Waals surface area (Å²) < 4.78 is 12.8. The molecule has 0 spiro atoms. The number of carbonyl (C=O) groups excluding carboxylic acids is 1. The predicted molar refractivity (Wildman–Crippen MR) is 120 cm³/mol. The van der Waals surface area contributed by atoms with Crippen LogP contribution in [0.4, 0.5) is 0 Å². The largest absolute Gasteiger partial charge is 0.479 e. The van der Waals surface area contributed by atoms with Crippen molar-refractivity contribution in [2.45, 2.75) is 46.6 Å². The van der Waals surface area contributed by atoms with Crippen LogP contribution in [-0.2, 0) is 18.3 Å². The van der Waals surface area contributed by atoms with Gasteiger partial charge in [0.25, 0.3) is 0 Å². The average Bonchev–Trinajstić information content (AvgIpc) is 3.39. The number of ether oxygens (including phenoxy) is 1. The molecule has 8 nitrogen and oxygen atoms in total. The van der Waals surface area contributed by atoms with Crippen LogP contribution in [0.2, 0.25) is 0 Å². The number of hydrogen-bond donors (Lipinski definition) is 1. The minimum Gasteiger partial charge on any atom is -0.479 e. The fraction of sp³-hybridized carbons (Fsp3) is 0.522. The Morgan fingerprint density at radius 3 is 2.68 bits per heavy atom. The van der Waals surface area contributed by atoms with E-state index in [4.69, 9.17) is 14.1 Å². The summed E-state index contributed by atoms with van der Waals surface area (Å²) in [5.74, 6) is 1.45. The number of pyridine rings is 1. The highest BCUT2D eigenvalue weighted by Crippen LogP contribution is 2.30. The molecule has 0 radical (unpaired) electrons. The Hall–Kier alpha value is -2.87. The zero-order chi connectivity index (χ0) is 22.5. The van der Waals surface area contributed by atoms with Crippen LogP contribution in [0.5, 0.6) is 5.88 Å². The maximum absolute atomic E-state index is 12.7. The normalized spacial score (nSPS) is 12.5. The Balaban J connectivity index is 1.70. The van der Waals surface area contributed by atoms with Gasteiger partial charge in [-0.1, -0.05) is 13.8 Å². The minimum atomic E-state index is 0.0146. The molecule has 0 saturated carbocycles. The molecule has 3 aromatic heterocycles. The second-order valence-corrected chi connectivity index (χ2v) is 7.69. The number of nitrogens with zero attached hydrogens (tertiary/aromatic N) is 4. The average molecular weight is 428 g/mol. The van der Waals surface area contributed by atoms with Gasteiger partial charge in [-0.25, -0.2) is 9.67 Å². The molecule has 3 heterocycles. The van der Waals surface area contributed by atoms with Crippen molar-refractivity contribution in [3.63, 3.8) is 0 Å². The van der Waals surface area contributed by atoms with E-state index in [2.05, 4.69) is 29.2 Å². The fourth-order valence-electron chi connectivity index (χ4n) is 4.20. The van der Waals surface area contributed by atoms with Gasteiger partial charge in [-0.3, -0.25) is 9.69 Å². The van der Waals surface area contributed by atoms with Gasteiger partial charge >= 0.3 is 0 Å². The number of nitrogens with one attached hydrogen (secondary N) is 1. The molecule has 3 rings (SSSR count). The van der Waals surface area contributed by atoms with Gasteiger partial charge in [-0.15, -0.1) is 5.10 Å².